The number of anilines is 1. The van der Waals surface area contributed by atoms with Crippen molar-refractivity contribution in [3.05, 3.63) is 16.0 Å². The molecule has 3 rings (SSSR count). The molecule has 2 aliphatic heterocycles. The molecule has 0 radical (unpaired) electrons. The number of hydrogen-bond acceptors (Lipinski definition) is 6. The van der Waals surface area contributed by atoms with Crippen LogP contribution in [0.3, 0.4) is 0 Å². The van der Waals surface area contributed by atoms with Crippen molar-refractivity contribution in [3.63, 3.8) is 0 Å². The largest absolute Gasteiger partial charge is 0.365 e. The minimum Gasteiger partial charge on any atom is -0.365 e. The lowest BCUT2D eigenvalue weighted by atomic mass is 9.97. The Morgan fingerprint density at radius 2 is 1.82 bits per heavy atom. The number of nitrogens with zero attached hydrogens (tertiary/aromatic N) is 2. The van der Waals surface area contributed by atoms with Crippen LogP contribution in [0.25, 0.3) is 0 Å². The Bertz CT molecular complexity index is 916. The van der Waals surface area contributed by atoms with E-state index in [9.17, 15) is 22.8 Å². The number of amides is 3. The lowest BCUT2D eigenvalue weighted by Crippen LogP contribution is -2.41. The maximum absolute atomic E-state index is 12.7. The highest BCUT2D eigenvalue weighted by Crippen LogP contribution is 2.37. The van der Waals surface area contributed by atoms with Gasteiger partial charge in [-0.2, -0.15) is 0 Å². The van der Waals surface area contributed by atoms with Crippen molar-refractivity contribution in [1.29, 1.82) is 0 Å². The molecule has 1 saturated heterocycles. The molecule has 28 heavy (non-hydrogen) atoms. The van der Waals surface area contributed by atoms with Crippen molar-refractivity contribution >= 4 is 44.1 Å². The summed E-state index contributed by atoms with van der Waals surface area (Å²) in [6.45, 7) is 3.01. The summed E-state index contributed by atoms with van der Waals surface area (Å²) in [7, 11) is -3.26. The number of carbonyl (C=O) groups is 3. The third-order valence-corrected chi connectivity index (χ3v) is 7.71. The van der Waals surface area contributed by atoms with Crippen molar-refractivity contribution in [2.24, 2.45) is 11.7 Å². The summed E-state index contributed by atoms with van der Waals surface area (Å²) in [4.78, 5) is 38.9. The molecule has 1 fully saturated rings. The van der Waals surface area contributed by atoms with Crippen LogP contribution in [0.4, 0.5) is 5.00 Å². The molecule has 11 heteroatoms. The van der Waals surface area contributed by atoms with Crippen molar-refractivity contribution in [2.75, 3.05) is 31.2 Å². The van der Waals surface area contributed by atoms with Crippen molar-refractivity contribution in [3.8, 4) is 0 Å². The van der Waals surface area contributed by atoms with Gasteiger partial charge in [0, 0.05) is 37.4 Å². The molecule has 0 saturated carbocycles. The number of fused-ring (bicyclic) bond motifs is 1. The van der Waals surface area contributed by atoms with E-state index < -0.39 is 15.9 Å². The molecule has 0 bridgehead atoms. The summed E-state index contributed by atoms with van der Waals surface area (Å²) in [5.74, 6) is -1.21. The molecule has 3 heterocycles. The first kappa shape index (κ1) is 20.7. The molecule has 0 atom stereocenters. The second kappa shape index (κ2) is 7.80. The Morgan fingerprint density at radius 1 is 1.18 bits per heavy atom. The molecule has 0 aliphatic carbocycles. The van der Waals surface area contributed by atoms with Gasteiger partial charge in [0.15, 0.2) is 0 Å². The van der Waals surface area contributed by atoms with Crippen LogP contribution in [-0.2, 0) is 32.6 Å². The standard InChI is InChI=1S/C17H24N4O5S2/c1-10(22)20-6-5-12-13(9-20)27-17(14(12)15(18)23)19-16(24)11-3-7-21(8-4-11)28(2,25)26/h11H,3-9H2,1-2H3,(H2,18,23)(H,19,24). The molecule has 1 aromatic rings. The number of thiophene rings is 1. The minimum atomic E-state index is -3.26. The molecule has 0 spiro atoms. The van der Waals surface area contributed by atoms with E-state index >= 15 is 0 Å². The lowest BCUT2D eigenvalue weighted by Gasteiger charge is -2.29. The molecule has 9 nitrogen and oxygen atoms in total. The minimum absolute atomic E-state index is 0.0390. The number of sulfonamides is 1. The summed E-state index contributed by atoms with van der Waals surface area (Å²) in [6, 6.07) is 0. The topological polar surface area (TPSA) is 130 Å². The van der Waals surface area contributed by atoms with E-state index in [1.807, 2.05) is 0 Å². The van der Waals surface area contributed by atoms with Gasteiger partial charge in [0.2, 0.25) is 21.8 Å². The second-order valence-electron chi connectivity index (χ2n) is 7.19. The average molecular weight is 429 g/mol. The second-order valence-corrected chi connectivity index (χ2v) is 10.3. The van der Waals surface area contributed by atoms with Gasteiger partial charge >= 0.3 is 0 Å². The van der Waals surface area contributed by atoms with Gasteiger partial charge in [-0.15, -0.1) is 11.3 Å². The van der Waals surface area contributed by atoms with Gasteiger partial charge in [-0.1, -0.05) is 0 Å². The van der Waals surface area contributed by atoms with Crippen LogP contribution < -0.4 is 11.1 Å². The summed E-state index contributed by atoms with van der Waals surface area (Å²) in [6.07, 6.45) is 2.53. The Labute approximate surface area is 167 Å². The van der Waals surface area contributed by atoms with E-state index in [4.69, 9.17) is 5.73 Å². The zero-order valence-electron chi connectivity index (χ0n) is 15.9. The Morgan fingerprint density at radius 3 is 2.36 bits per heavy atom. The highest BCUT2D eigenvalue weighted by molar-refractivity contribution is 7.88. The summed E-state index contributed by atoms with van der Waals surface area (Å²) in [5.41, 5.74) is 6.69. The molecule has 0 unspecified atom stereocenters. The lowest BCUT2D eigenvalue weighted by molar-refractivity contribution is -0.129. The Hall–Kier alpha value is -1.98. The van der Waals surface area contributed by atoms with E-state index in [2.05, 4.69) is 5.32 Å². The van der Waals surface area contributed by atoms with Crippen molar-refractivity contribution < 1.29 is 22.8 Å². The SMILES string of the molecule is CC(=O)N1CCc2c(sc(NC(=O)C3CCN(S(C)(=O)=O)CC3)c2C(N)=O)C1. The maximum Gasteiger partial charge on any atom is 0.251 e. The number of nitrogens with two attached hydrogens (primary N) is 1. The third kappa shape index (κ3) is 4.20. The van der Waals surface area contributed by atoms with Crippen LogP contribution in [0, 0.1) is 5.92 Å². The molecule has 3 amide bonds. The van der Waals surface area contributed by atoms with E-state index in [0.717, 1.165) is 16.7 Å². The fraction of sp³-hybridized carbons (Fsp3) is 0.588. The Balaban J connectivity index is 1.75. The van der Waals surface area contributed by atoms with Crippen LogP contribution in [0.2, 0.25) is 0 Å². The number of carbonyl (C=O) groups excluding carboxylic acids is 3. The van der Waals surface area contributed by atoms with Crippen LogP contribution in [-0.4, -0.2) is 61.2 Å². The van der Waals surface area contributed by atoms with Crippen LogP contribution >= 0.6 is 11.3 Å². The quantitative estimate of drug-likeness (QED) is 0.715. The van der Waals surface area contributed by atoms with Gasteiger partial charge in [0.05, 0.1) is 18.4 Å². The predicted octanol–water partition coefficient (Wildman–Crippen LogP) is 0.362. The molecule has 3 N–H and O–H groups in total. The van der Waals surface area contributed by atoms with Crippen molar-refractivity contribution in [2.45, 2.75) is 32.7 Å². The summed E-state index contributed by atoms with van der Waals surface area (Å²) >= 11 is 1.28. The molecule has 1 aromatic heterocycles. The molecule has 154 valence electrons. The smallest absolute Gasteiger partial charge is 0.251 e. The first-order valence-electron chi connectivity index (χ1n) is 9.03. The average Bonchev–Trinajstić information content (AvgIpc) is 2.98. The first-order chi connectivity index (χ1) is 13.1. The van der Waals surface area contributed by atoms with Crippen LogP contribution in [0.1, 0.15) is 40.6 Å². The van der Waals surface area contributed by atoms with Gasteiger partial charge in [-0.05, 0) is 24.8 Å². The fourth-order valence-electron chi connectivity index (χ4n) is 3.68. The first-order valence-corrected chi connectivity index (χ1v) is 11.7. The maximum atomic E-state index is 12.7. The van der Waals surface area contributed by atoms with E-state index in [-0.39, 0.29) is 17.7 Å². The van der Waals surface area contributed by atoms with Gasteiger partial charge in [-0.3, -0.25) is 14.4 Å². The van der Waals surface area contributed by atoms with E-state index in [1.165, 1.54) is 22.6 Å². The van der Waals surface area contributed by atoms with Crippen LogP contribution in [0.15, 0.2) is 0 Å². The monoisotopic (exact) mass is 428 g/mol. The molecular weight excluding hydrogens is 404 g/mol. The molecule has 2 aliphatic rings. The molecular formula is C17H24N4O5S2. The zero-order chi connectivity index (χ0) is 20.6. The summed E-state index contributed by atoms with van der Waals surface area (Å²) < 4.78 is 24.6. The zero-order valence-corrected chi connectivity index (χ0v) is 17.5. The third-order valence-electron chi connectivity index (χ3n) is 5.28. The van der Waals surface area contributed by atoms with Crippen LogP contribution in [0.5, 0.6) is 0 Å². The van der Waals surface area contributed by atoms with Gasteiger partial charge < -0.3 is 16.0 Å². The number of primary amides is 1. The Kier molecular flexibility index (Phi) is 5.78. The number of hydrogen-bond donors (Lipinski definition) is 2. The highest BCUT2D eigenvalue weighted by atomic mass is 32.2. The van der Waals surface area contributed by atoms with Gasteiger partial charge in [0.25, 0.3) is 5.91 Å². The summed E-state index contributed by atoms with van der Waals surface area (Å²) in [5, 5.41) is 3.24. The van der Waals surface area contributed by atoms with Gasteiger partial charge in [0.1, 0.15) is 5.00 Å². The van der Waals surface area contributed by atoms with Gasteiger partial charge in [-0.25, -0.2) is 12.7 Å². The van der Waals surface area contributed by atoms with Crippen molar-refractivity contribution in [1.82, 2.24) is 9.21 Å². The number of nitrogens with one attached hydrogen (secondary N) is 1. The normalized spacial score (nSPS) is 18.6. The predicted molar refractivity (Wildman–Crippen MR) is 105 cm³/mol. The number of rotatable bonds is 4. The highest BCUT2D eigenvalue weighted by Gasteiger charge is 2.32. The molecule has 0 aromatic carbocycles. The van der Waals surface area contributed by atoms with E-state index in [0.29, 0.717) is 56.0 Å². The number of piperidine rings is 1. The fourth-order valence-corrected chi connectivity index (χ4v) is 5.83. The van der Waals surface area contributed by atoms with E-state index in [1.54, 1.807) is 4.90 Å².